The molecule has 1 fully saturated rings. The van der Waals surface area contributed by atoms with Gasteiger partial charge in [-0.25, -0.2) is 8.42 Å². The van der Waals surface area contributed by atoms with Crippen LogP contribution in [0.2, 0.25) is 0 Å². The summed E-state index contributed by atoms with van der Waals surface area (Å²) < 4.78 is 26.0. The zero-order chi connectivity index (χ0) is 16.2. The van der Waals surface area contributed by atoms with Gasteiger partial charge in [-0.15, -0.1) is 0 Å². The molecule has 1 heterocycles. The molecule has 0 spiro atoms. The molecule has 0 atom stereocenters. The standard InChI is InChI=1S/C15H24N4O2S/c1-2-3-12-22(20,21)19-10-8-18(9-11-19)14-6-4-13(5-7-14)15(16)17/h4-7H,2-3,8-12H2,1H3,(H3,16,17). The van der Waals surface area contributed by atoms with Crippen molar-refractivity contribution in [3.05, 3.63) is 29.8 Å². The van der Waals surface area contributed by atoms with Gasteiger partial charge in [0.25, 0.3) is 0 Å². The van der Waals surface area contributed by atoms with Crippen molar-refractivity contribution in [1.82, 2.24) is 4.31 Å². The summed E-state index contributed by atoms with van der Waals surface area (Å²) in [5.74, 6) is 0.301. The summed E-state index contributed by atoms with van der Waals surface area (Å²) in [6.07, 6.45) is 1.61. The van der Waals surface area contributed by atoms with Crippen molar-refractivity contribution in [2.45, 2.75) is 19.8 Å². The van der Waals surface area contributed by atoms with Gasteiger partial charge in [-0.1, -0.05) is 13.3 Å². The van der Waals surface area contributed by atoms with E-state index < -0.39 is 10.0 Å². The first-order valence-electron chi connectivity index (χ1n) is 7.61. The van der Waals surface area contributed by atoms with E-state index in [1.54, 1.807) is 4.31 Å². The molecule has 7 heteroatoms. The Kier molecular flexibility index (Phi) is 5.42. The molecule has 6 nitrogen and oxygen atoms in total. The molecule has 0 radical (unpaired) electrons. The average Bonchev–Trinajstić information content (AvgIpc) is 2.53. The first kappa shape index (κ1) is 16.8. The lowest BCUT2D eigenvalue weighted by Crippen LogP contribution is -2.49. The summed E-state index contributed by atoms with van der Waals surface area (Å²) in [7, 11) is -3.11. The molecule has 1 aromatic rings. The van der Waals surface area contributed by atoms with Gasteiger partial charge in [0.05, 0.1) is 5.75 Å². The lowest BCUT2D eigenvalue weighted by atomic mass is 10.1. The normalized spacial score (nSPS) is 16.7. The first-order valence-corrected chi connectivity index (χ1v) is 9.22. The summed E-state index contributed by atoms with van der Waals surface area (Å²) >= 11 is 0. The number of nitrogens with zero attached hydrogens (tertiary/aromatic N) is 2. The van der Waals surface area contributed by atoms with Crippen molar-refractivity contribution in [3.8, 4) is 0 Å². The van der Waals surface area contributed by atoms with Gasteiger partial charge in [-0.3, -0.25) is 5.41 Å². The molecule has 0 aromatic heterocycles. The Hall–Kier alpha value is -1.60. The Morgan fingerprint density at radius 3 is 2.27 bits per heavy atom. The quantitative estimate of drug-likeness (QED) is 0.608. The highest BCUT2D eigenvalue weighted by atomic mass is 32.2. The smallest absolute Gasteiger partial charge is 0.214 e. The Bertz CT molecular complexity index is 605. The summed E-state index contributed by atoms with van der Waals surface area (Å²) in [5.41, 5.74) is 7.18. The predicted octanol–water partition coefficient (Wildman–Crippen LogP) is 1.22. The first-order chi connectivity index (χ1) is 10.4. The number of hydrogen-bond acceptors (Lipinski definition) is 4. The van der Waals surface area contributed by atoms with Gasteiger partial charge in [0.1, 0.15) is 5.84 Å². The van der Waals surface area contributed by atoms with E-state index >= 15 is 0 Å². The molecule has 2 rings (SSSR count). The van der Waals surface area contributed by atoms with Crippen molar-refractivity contribution >= 4 is 21.5 Å². The fourth-order valence-corrected chi connectivity index (χ4v) is 4.16. The molecule has 1 aromatic carbocycles. The minimum atomic E-state index is -3.11. The summed E-state index contributed by atoms with van der Waals surface area (Å²) in [5, 5.41) is 7.39. The van der Waals surface area contributed by atoms with E-state index in [0.29, 0.717) is 31.7 Å². The topological polar surface area (TPSA) is 90.5 Å². The van der Waals surface area contributed by atoms with Crippen LogP contribution in [0.1, 0.15) is 25.3 Å². The second kappa shape index (κ2) is 7.11. The number of piperazine rings is 1. The van der Waals surface area contributed by atoms with E-state index in [1.165, 1.54) is 0 Å². The Labute approximate surface area is 132 Å². The number of anilines is 1. The summed E-state index contributed by atoms with van der Waals surface area (Å²) in [4.78, 5) is 2.16. The molecule has 122 valence electrons. The lowest BCUT2D eigenvalue weighted by Gasteiger charge is -2.35. The molecule has 3 N–H and O–H groups in total. The van der Waals surface area contributed by atoms with Gasteiger partial charge in [0.2, 0.25) is 10.0 Å². The number of nitrogens with two attached hydrogens (primary N) is 1. The minimum Gasteiger partial charge on any atom is -0.384 e. The fourth-order valence-electron chi connectivity index (χ4n) is 2.53. The van der Waals surface area contributed by atoms with E-state index in [0.717, 1.165) is 18.5 Å². The third-order valence-corrected chi connectivity index (χ3v) is 5.89. The number of benzene rings is 1. The fraction of sp³-hybridized carbons (Fsp3) is 0.533. The maximum Gasteiger partial charge on any atom is 0.214 e. The maximum atomic E-state index is 12.2. The van der Waals surface area contributed by atoms with E-state index in [4.69, 9.17) is 11.1 Å². The summed E-state index contributed by atoms with van der Waals surface area (Å²) in [6, 6.07) is 7.50. The van der Waals surface area contributed by atoms with Crippen LogP contribution in [-0.4, -0.2) is 50.5 Å². The van der Waals surface area contributed by atoms with Crippen LogP contribution in [-0.2, 0) is 10.0 Å². The van der Waals surface area contributed by atoms with Crippen LogP contribution in [0.25, 0.3) is 0 Å². The van der Waals surface area contributed by atoms with Crippen molar-refractivity contribution < 1.29 is 8.42 Å². The molecular weight excluding hydrogens is 300 g/mol. The summed E-state index contributed by atoms with van der Waals surface area (Å²) in [6.45, 7) is 4.43. The molecule has 0 unspecified atom stereocenters. The predicted molar refractivity (Wildman–Crippen MR) is 89.9 cm³/mol. The Morgan fingerprint density at radius 2 is 1.77 bits per heavy atom. The van der Waals surface area contributed by atoms with Crippen LogP contribution >= 0.6 is 0 Å². The van der Waals surface area contributed by atoms with Crippen molar-refractivity contribution in [3.63, 3.8) is 0 Å². The number of amidine groups is 1. The molecule has 22 heavy (non-hydrogen) atoms. The average molecular weight is 324 g/mol. The van der Waals surface area contributed by atoms with Gasteiger partial charge < -0.3 is 10.6 Å². The van der Waals surface area contributed by atoms with Gasteiger partial charge in [-0.2, -0.15) is 4.31 Å². The van der Waals surface area contributed by atoms with E-state index in [9.17, 15) is 8.42 Å². The van der Waals surface area contributed by atoms with E-state index in [1.807, 2.05) is 31.2 Å². The number of nitrogen functional groups attached to an aromatic ring is 1. The number of sulfonamides is 1. The number of rotatable bonds is 6. The van der Waals surface area contributed by atoms with Gasteiger partial charge in [0, 0.05) is 37.4 Å². The number of nitrogens with one attached hydrogen (secondary N) is 1. The molecule has 0 aliphatic carbocycles. The third-order valence-electron chi connectivity index (χ3n) is 3.93. The molecule has 1 aliphatic rings. The monoisotopic (exact) mass is 324 g/mol. The molecule has 0 bridgehead atoms. The van der Waals surface area contributed by atoms with Crippen molar-refractivity contribution in [2.75, 3.05) is 36.8 Å². The van der Waals surface area contributed by atoms with Crippen LogP contribution < -0.4 is 10.6 Å². The molecule has 0 amide bonds. The molecular formula is C15H24N4O2S. The van der Waals surface area contributed by atoms with Crippen LogP contribution in [0, 0.1) is 5.41 Å². The highest BCUT2D eigenvalue weighted by molar-refractivity contribution is 7.89. The van der Waals surface area contributed by atoms with Crippen LogP contribution in [0.3, 0.4) is 0 Å². The molecule has 0 saturated carbocycles. The van der Waals surface area contributed by atoms with Crippen molar-refractivity contribution in [2.24, 2.45) is 5.73 Å². The largest absolute Gasteiger partial charge is 0.384 e. The number of unbranched alkanes of at least 4 members (excludes halogenated alkanes) is 1. The Balaban J connectivity index is 1.95. The zero-order valence-corrected chi connectivity index (χ0v) is 13.8. The minimum absolute atomic E-state index is 0.0541. The van der Waals surface area contributed by atoms with Gasteiger partial charge in [0.15, 0.2) is 0 Å². The SMILES string of the molecule is CCCCS(=O)(=O)N1CCN(c2ccc(C(=N)N)cc2)CC1. The Morgan fingerprint density at radius 1 is 1.18 bits per heavy atom. The van der Waals surface area contributed by atoms with E-state index in [2.05, 4.69) is 4.90 Å². The van der Waals surface area contributed by atoms with Crippen molar-refractivity contribution in [1.29, 1.82) is 5.41 Å². The van der Waals surface area contributed by atoms with Crippen LogP contribution in [0.15, 0.2) is 24.3 Å². The van der Waals surface area contributed by atoms with Crippen LogP contribution in [0.4, 0.5) is 5.69 Å². The highest BCUT2D eigenvalue weighted by Crippen LogP contribution is 2.18. The van der Waals surface area contributed by atoms with Crippen LogP contribution in [0.5, 0.6) is 0 Å². The molecule has 1 saturated heterocycles. The van der Waals surface area contributed by atoms with Gasteiger partial charge in [-0.05, 0) is 30.7 Å². The zero-order valence-electron chi connectivity index (χ0n) is 13.0. The second-order valence-corrected chi connectivity index (χ2v) is 7.60. The molecule has 1 aliphatic heterocycles. The van der Waals surface area contributed by atoms with Gasteiger partial charge >= 0.3 is 0 Å². The second-order valence-electron chi connectivity index (χ2n) is 5.52. The lowest BCUT2D eigenvalue weighted by molar-refractivity contribution is 0.384. The third kappa shape index (κ3) is 3.98. The number of hydrogen-bond donors (Lipinski definition) is 2. The maximum absolute atomic E-state index is 12.2. The van der Waals surface area contributed by atoms with E-state index in [-0.39, 0.29) is 11.6 Å². The highest BCUT2D eigenvalue weighted by Gasteiger charge is 2.26.